The minimum atomic E-state index is -4.66. The number of aromatic nitrogens is 3. The fourth-order valence-corrected chi connectivity index (χ4v) is 4.35. The monoisotopic (exact) mass is 592 g/mol. The Morgan fingerprint density at radius 2 is 2.07 bits per heavy atom. The second-order valence-corrected chi connectivity index (χ2v) is 9.75. The predicted molar refractivity (Wildman–Crippen MR) is 131 cm³/mol. The molecule has 0 aliphatic carbocycles. The number of imidazole rings is 1. The Kier molecular flexibility index (Phi) is 8.65. The second-order valence-electron chi connectivity index (χ2n) is 9.75. The first-order valence-corrected chi connectivity index (χ1v) is 12.5. The molecule has 0 saturated carbocycles. The van der Waals surface area contributed by atoms with E-state index in [9.17, 15) is 31.5 Å². The third kappa shape index (κ3) is 6.82. The highest BCUT2D eigenvalue weighted by molar-refractivity contribution is 6.40. The number of alkyl halides is 5. The van der Waals surface area contributed by atoms with Gasteiger partial charge in [0.2, 0.25) is 0 Å². The van der Waals surface area contributed by atoms with Gasteiger partial charge in [-0.15, -0.1) is 5.48 Å². The number of ether oxygens (including phenoxy) is 2. The zero-order valence-electron chi connectivity index (χ0n) is 22.4. The molecule has 41 heavy (non-hydrogen) atoms. The van der Waals surface area contributed by atoms with Gasteiger partial charge in [-0.05, 0) is 26.8 Å². The molecule has 1 fully saturated rings. The van der Waals surface area contributed by atoms with E-state index in [0.717, 1.165) is 11.8 Å². The summed E-state index contributed by atoms with van der Waals surface area (Å²) in [6.45, 7) is 2.00. The van der Waals surface area contributed by atoms with Crippen molar-refractivity contribution in [2.45, 2.75) is 63.2 Å². The molecule has 4 rings (SSSR count). The van der Waals surface area contributed by atoms with Crippen molar-refractivity contribution in [2.75, 3.05) is 26.8 Å². The van der Waals surface area contributed by atoms with Crippen LogP contribution in [0, 0.1) is 0 Å². The minimum absolute atomic E-state index is 0.0470. The number of hydrogen-bond donors (Lipinski definition) is 3. The summed E-state index contributed by atoms with van der Waals surface area (Å²) in [4.78, 5) is 35.4. The molecule has 226 valence electrons. The molecule has 2 aliphatic rings. The molecule has 18 heteroatoms. The number of carbonyl (C=O) groups excluding carboxylic acids is 2. The van der Waals surface area contributed by atoms with Gasteiger partial charge >= 0.3 is 12.2 Å². The lowest BCUT2D eigenvalue weighted by Crippen LogP contribution is -2.58. The van der Waals surface area contributed by atoms with Gasteiger partial charge in [0.05, 0.1) is 62.0 Å². The van der Waals surface area contributed by atoms with Crippen LogP contribution in [-0.2, 0) is 19.2 Å². The molecule has 0 bridgehead atoms. The highest BCUT2D eigenvalue weighted by Gasteiger charge is 2.43. The SMILES string of the molecule is COCC(c1cnn2cc(C(NC(=O)C3=NONC3C)C(C)OC(C)C(F)(F)F)nc2c1)N1CC(F)(F)CNC1=O. The summed E-state index contributed by atoms with van der Waals surface area (Å²) in [5, 5.41) is 12.6. The summed E-state index contributed by atoms with van der Waals surface area (Å²) in [5.74, 6) is -3.90. The van der Waals surface area contributed by atoms with Crippen LogP contribution in [0.15, 0.2) is 23.6 Å². The largest absolute Gasteiger partial charge is 0.414 e. The summed E-state index contributed by atoms with van der Waals surface area (Å²) in [6, 6.07) is -1.98. The Morgan fingerprint density at radius 1 is 1.34 bits per heavy atom. The van der Waals surface area contributed by atoms with E-state index in [-0.39, 0.29) is 23.7 Å². The third-order valence-corrected chi connectivity index (χ3v) is 6.58. The predicted octanol–water partition coefficient (Wildman–Crippen LogP) is 1.87. The summed E-state index contributed by atoms with van der Waals surface area (Å²) in [7, 11) is 1.35. The van der Waals surface area contributed by atoms with Crippen molar-refractivity contribution >= 4 is 23.3 Å². The summed E-state index contributed by atoms with van der Waals surface area (Å²) in [6.07, 6.45) is -5.33. The number of urea groups is 1. The molecule has 1 saturated heterocycles. The Bertz CT molecular complexity index is 1300. The fourth-order valence-electron chi connectivity index (χ4n) is 4.35. The summed E-state index contributed by atoms with van der Waals surface area (Å²) >= 11 is 0. The van der Waals surface area contributed by atoms with E-state index in [4.69, 9.17) is 14.4 Å². The van der Waals surface area contributed by atoms with Gasteiger partial charge < -0.3 is 25.0 Å². The molecule has 2 aromatic rings. The lowest BCUT2D eigenvalue weighted by Gasteiger charge is -2.38. The Hall–Kier alpha value is -3.64. The maximum atomic E-state index is 14.1. The number of nitrogens with one attached hydrogen (secondary N) is 3. The van der Waals surface area contributed by atoms with Crippen molar-refractivity contribution in [3.63, 3.8) is 0 Å². The smallest absolute Gasteiger partial charge is 0.382 e. The lowest BCUT2D eigenvalue weighted by atomic mass is 10.1. The van der Waals surface area contributed by atoms with Crippen LogP contribution in [0.25, 0.3) is 5.65 Å². The molecule has 3 amide bonds. The molecule has 2 aliphatic heterocycles. The van der Waals surface area contributed by atoms with Crippen LogP contribution >= 0.6 is 0 Å². The van der Waals surface area contributed by atoms with Crippen LogP contribution in [0.2, 0.25) is 0 Å². The molecular formula is C23H29F5N8O5. The van der Waals surface area contributed by atoms with Crippen molar-refractivity contribution in [2.24, 2.45) is 5.16 Å². The quantitative estimate of drug-likeness (QED) is 0.355. The number of nitrogens with zero attached hydrogens (tertiary/aromatic N) is 5. The van der Waals surface area contributed by atoms with Crippen LogP contribution in [0.4, 0.5) is 26.7 Å². The number of rotatable bonds is 10. The van der Waals surface area contributed by atoms with E-state index in [1.807, 2.05) is 0 Å². The van der Waals surface area contributed by atoms with Crippen LogP contribution in [0.5, 0.6) is 0 Å². The number of amides is 3. The number of halogens is 5. The third-order valence-electron chi connectivity index (χ3n) is 6.58. The maximum absolute atomic E-state index is 14.1. The highest BCUT2D eigenvalue weighted by atomic mass is 19.4. The number of methoxy groups -OCH3 is 1. The topological polar surface area (TPSA) is 144 Å². The van der Waals surface area contributed by atoms with Gasteiger partial charge in [-0.3, -0.25) is 9.73 Å². The Morgan fingerprint density at radius 3 is 2.71 bits per heavy atom. The van der Waals surface area contributed by atoms with E-state index in [1.165, 1.54) is 37.0 Å². The normalized spacial score (nSPS) is 22.0. The first kappa shape index (κ1) is 30.3. The van der Waals surface area contributed by atoms with E-state index in [0.29, 0.717) is 5.56 Å². The standard InChI is InChI=1S/C23H29F5N8O5/c1-11-18(34-41-33-11)20(37)32-19(12(2)40-13(3)23(26,27)28)15-7-36-17(31-15)5-14(6-30-36)16(8-39-4)35-10-22(24,25)9-29-21(35)38/h5-7,11-13,16,19,33H,8-10H2,1-4H3,(H,29,38)(H,32,37). The Balaban J connectivity index is 1.67. The molecule has 4 heterocycles. The molecule has 5 unspecified atom stereocenters. The van der Waals surface area contributed by atoms with Crippen molar-refractivity contribution in [3.05, 3.63) is 29.7 Å². The van der Waals surface area contributed by atoms with Gasteiger partial charge in [-0.25, -0.2) is 23.1 Å². The van der Waals surface area contributed by atoms with E-state index in [1.54, 1.807) is 6.92 Å². The number of hydrogen-bond acceptors (Lipinski definition) is 9. The van der Waals surface area contributed by atoms with Crippen LogP contribution in [0.1, 0.15) is 44.1 Å². The number of carbonyl (C=O) groups is 2. The molecule has 0 spiro atoms. The molecular weight excluding hydrogens is 563 g/mol. The molecule has 3 N–H and O–H groups in total. The van der Waals surface area contributed by atoms with Crippen LogP contribution in [-0.4, -0.2) is 94.3 Å². The number of fused-ring (bicyclic) bond motifs is 1. The van der Waals surface area contributed by atoms with Crippen LogP contribution < -0.4 is 16.1 Å². The van der Waals surface area contributed by atoms with Crippen molar-refractivity contribution in [1.82, 2.24) is 35.6 Å². The van der Waals surface area contributed by atoms with Crippen molar-refractivity contribution < 1.29 is 46.0 Å². The lowest BCUT2D eigenvalue weighted by molar-refractivity contribution is -0.227. The zero-order chi connectivity index (χ0) is 30.1. The van der Waals surface area contributed by atoms with Gasteiger partial charge in [-0.1, -0.05) is 5.16 Å². The van der Waals surface area contributed by atoms with E-state index >= 15 is 0 Å². The molecule has 5 atom stereocenters. The van der Waals surface area contributed by atoms with E-state index < -0.39 is 67.5 Å². The van der Waals surface area contributed by atoms with Gasteiger partial charge in [-0.2, -0.15) is 18.3 Å². The average molecular weight is 593 g/mol. The average Bonchev–Trinajstić information content (AvgIpc) is 3.52. The summed E-state index contributed by atoms with van der Waals surface area (Å²) in [5.41, 5.74) is 2.99. The second kappa shape index (κ2) is 11.7. The summed E-state index contributed by atoms with van der Waals surface area (Å²) < 4.78 is 79.6. The number of hydroxylamine groups is 1. The van der Waals surface area contributed by atoms with Gasteiger partial charge in [0, 0.05) is 12.7 Å². The zero-order valence-corrected chi connectivity index (χ0v) is 22.4. The minimum Gasteiger partial charge on any atom is -0.382 e. The van der Waals surface area contributed by atoms with E-state index in [2.05, 4.69) is 31.4 Å². The highest BCUT2D eigenvalue weighted by Crippen LogP contribution is 2.30. The molecule has 0 radical (unpaired) electrons. The molecule has 0 aromatic carbocycles. The van der Waals surface area contributed by atoms with Gasteiger partial charge in [0.1, 0.15) is 0 Å². The molecule has 2 aromatic heterocycles. The van der Waals surface area contributed by atoms with Crippen LogP contribution in [0.3, 0.4) is 0 Å². The first-order valence-electron chi connectivity index (χ1n) is 12.5. The fraction of sp³-hybridized carbons (Fsp3) is 0.609. The van der Waals surface area contributed by atoms with Crippen molar-refractivity contribution in [3.8, 4) is 0 Å². The van der Waals surface area contributed by atoms with Crippen molar-refractivity contribution in [1.29, 1.82) is 0 Å². The Labute approximate surface area is 230 Å². The maximum Gasteiger partial charge on any atom is 0.414 e. The first-order chi connectivity index (χ1) is 19.2. The van der Waals surface area contributed by atoms with Gasteiger partial charge in [0.25, 0.3) is 11.8 Å². The number of oxime groups is 1. The van der Waals surface area contributed by atoms with Gasteiger partial charge in [0.15, 0.2) is 17.5 Å². The molecule has 13 nitrogen and oxygen atoms in total.